The topological polar surface area (TPSA) is 64.8 Å². The van der Waals surface area contributed by atoms with Crippen molar-refractivity contribution in [1.82, 2.24) is 4.90 Å². The molecule has 1 aromatic carbocycles. The molecule has 1 saturated heterocycles. The Morgan fingerprint density at radius 2 is 2.24 bits per heavy atom. The van der Waals surface area contributed by atoms with E-state index in [0.29, 0.717) is 6.61 Å². The molecule has 0 bridgehead atoms. The van der Waals surface area contributed by atoms with Crippen molar-refractivity contribution in [1.29, 1.82) is 0 Å². The second-order valence-corrected chi connectivity index (χ2v) is 5.39. The Labute approximate surface area is 126 Å². The summed E-state index contributed by atoms with van der Waals surface area (Å²) in [5, 5.41) is 0. The second-order valence-electron chi connectivity index (χ2n) is 5.39. The first kappa shape index (κ1) is 15.6. The van der Waals surface area contributed by atoms with Crippen molar-refractivity contribution in [3.05, 3.63) is 23.8 Å². The van der Waals surface area contributed by atoms with Gasteiger partial charge in [-0.3, -0.25) is 9.69 Å². The molecule has 0 radical (unpaired) electrons. The summed E-state index contributed by atoms with van der Waals surface area (Å²) in [5.41, 5.74) is 6.57. The number of likely N-dealkylation sites (tertiary alicyclic amines) is 1. The molecule has 5 heteroatoms. The number of hydrogen-bond donors (Lipinski definition) is 1. The molecule has 0 aliphatic carbocycles. The third kappa shape index (κ3) is 4.11. The minimum absolute atomic E-state index is 0.0247. The van der Waals surface area contributed by atoms with Crippen LogP contribution in [0, 0.1) is 5.92 Å². The molecule has 21 heavy (non-hydrogen) atoms. The molecule has 0 aromatic heterocycles. The number of rotatable bonds is 6. The first-order chi connectivity index (χ1) is 10.1. The third-order valence-electron chi connectivity index (χ3n) is 3.84. The van der Waals surface area contributed by atoms with Crippen molar-refractivity contribution in [3.63, 3.8) is 0 Å². The molecule has 2 N–H and O–H groups in total. The summed E-state index contributed by atoms with van der Waals surface area (Å²) in [5.74, 6) is 1.29. The molecule has 0 unspecified atom stereocenters. The van der Waals surface area contributed by atoms with E-state index in [1.807, 2.05) is 25.1 Å². The summed E-state index contributed by atoms with van der Waals surface area (Å²) in [6.45, 7) is 5.10. The van der Waals surface area contributed by atoms with Crippen LogP contribution in [0.1, 0.15) is 25.3 Å². The highest BCUT2D eigenvalue weighted by Gasteiger charge is 2.24. The van der Waals surface area contributed by atoms with Gasteiger partial charge < -0.3 is 15.2 Å². The molecule has 1 aliphatic heterocycles. The highest BCUT2D eigenvalue weighted by molar-refractivity contribution is 5.76. The standard InChI is InChI=1S/C16H24N2O3/c1-3-21-14-7-6-12(9-15(14)20-2)10-18-8-4-5-13(11-18)16(17)19/h6-7,9,13H,3-5,8,10-11H2,1-2H3,(H2,17,19)/t13-/m1/s1. The molecule has 116 valence electrons. The molecule has 5 nitrogen and oxygen atoms in total. The van der Waals surface area contributed by atoms with Crippen LogP contribution in [0.3, 0.4) is 0 Å². The van der Waals surface area contributed by atoms with Gasteiger partial charge in [0.1, 0.15) is 0 Å². The average Bonchev–Trinajstić information content (AvgIpc) is 2.49. The molecule has 1 aliphatic rings. The normalized spacial score (nSPS) is 19.2. The average molecular weight is 292 g/mol. The predicted octanol–water partition coefficient (Wildman–Crippen LogP) is 1.79. The summed E-state index contributed by atoms with van der Waals surface area (Å²) in [6, 6.07) is 5.98. The van der Waals surface area contributed by atoms with Crippen LogP contribution >= 0.6 is 0 Å². The molecule has 0 spiro atoms. The molecule has 1 heterocycles. The Kier molecular flexibility index (Phi) is 5.44. The molecule has 2 rings (SSSR count). The predicted molar refractivity (Wildman–Crippen MR) is 81.4 cm³/mol. The van der Waals surface area contributed by atoms with E-state index in [0.717, 1.165) is 49.5 Å². The number of methoxy groups -OCH3 is 1. The number of carbonyl (C=O) groups is 1. The molecule has 1 aromatic rings. The van der Waals surface area contributed by atoms with Crippen LogP contribution in [-0.2, 0) is 11.3 Å². The van der Waals surface area contributed by atoms with Gasteiger partial charge in [-0.05, 0) is 44.0 Å². The summed E-state index contributed by atoms with van der Waals surface area (Å²) in [7, 11) is 1.64. The quantitative estimate of drug-likeness (QED) is 0.868. The Hall–Kier alpha value is -1.75. The number of hydrogen-bond acceptors (Lipinski definition) is 4. The summed E-state index contributed by atoms with van der Waals surface area (Å²) in [4.78, 5) is 13.6. The number of benzene rings is 1. The van der Waals surface area contributed by atoms with Crippen LogP contribution in [0.4, 0.5) is 0 Å². The number of piperidine rings is 1. The van der Waals surface area contributed by atoms with E-state index in [1.165, 1.54) is 0 Å². The van der Waals surface area contributed by atoms with Gasteiger partial charge in [0.05, 0.1) is 19.6 Å². The second kappa shape index (κ2) is 7.31. The van der Waals surface area contributed by atoms with Crippen LogP contribution in [0.2, 0.25) is 0 Å². The van der Waals surface area contributed by atoms with Gasteiger partial charge in [-0.15, -0.1) is 0 Å². The summed E-state index contributed by atoms with van der Waals surface area (Å²) in [6.07, 6.45) is 1.92. The van der Waals surface area contributed by atoms with E-state index in [1.54, 1.807) is 7.11 Å². The van der Waals surface area contributed by atoms with E-state index in [4.69, 9.17) is 15.2 Å². The maximum Gasteiger partial charge on any atom is 0.221 e. The highest BCUT2D eigenvalue weighted by atomic mass is 16.5. The largest absolute Gasteiger partial charge is 0.493 e. The number of nitrogens with two attached hydrogens (primary N) is 1. The Morgan fingerprint density at radius 1 is 1.43 bits per heavy atom. The van der Waals surface area contributed by atoms with Gasteiger partial charge in [-0.2, -0.15) is 0 Å². The molecular formula is C16H24N2O3. The summed E-state index contributed by atoms with van der Waals surface area (Å²) < 4.78 is 10.9. The van der Waals surface area contributed by atoms with Gasteiger partial charge in [-0.1, -0.05) is 6.07 Å². The number of nitrogens with zero attached hydrogens (tertiary/aromatic N) is 1. The Balaban J connectivity index is 2.03. The third-order valence-corrected chi connectivity index (χ3v) is 3.84. The van der Waals surface area contributed by atoms with Crippen LogP contribution in [0.5, 0.6) is 11.5 Å². The number of amides is 1. The number of carbonyl (C=O) groups excluding carboxylic acids is 1. The molecular weight excluding hydrogens is 268 g/mol. The van der Waals surface area contributed by atoms with Gasteiger partial charge in [0.25, 0.3) is 0 Å². The monoisotopic (exact) mass is 292 g/mol. The molecule has 1 amide bonds. The minimum atomic E-state index is -0.191. The lowest BCUT2D eigenvalue weighted by Crippen LogP contribution is -2.40. The first-order valence-electron chi connectivity index (χ1n) is 7.45. The van der Waals surface area contributed by atoms with Gasteiger partial charge in [-0.25, -0.2) is 0 Å². The van der Waals surface area contributed by atoms with Crippen molar-refractivity contribution in [2.45, 2.75) is 26.3 Å². The van der Waals surface area contributed by atoms with Gasteiger partial charge in [0, 0.05) is 13.1 Å². The lowest BCUT2D eigenvalue weighted by atomic mass is 9.97. The zero-order chi connectivity index (χ0) is 15.2. The van der Waals surface area contributed by atoms with Crippen LogP contribution < -0.4 is 15.2 Å². The first-order valence-corrected chi connectivity index (χ1v) is 7.45. The molecule has 1 atom stereocenters. The minimum Gasteiger partial charge on any atom is -0.493 e. The van der Waals surface area contributed by atoms with Crippen LogP contribution in [-0.4, -0.2) is 37.6 Å². The zero-order valence-electron chi connectivity index (χ0n) is 12.8. The number of ether oxygens (including phenoxy) is 2. The van der Waals surface area contributed by atoms with E-state index >= 15 is 0 Å². The molecule has 1 fully saturated rings. The van der Waals surface area contributed by atoms with E-state index in [9.17, 15) is 4.79 Å². The zero-order valence-corrected chi connectivity index (χ0v) is 12.8. The summed E-state index contributed by atoms with van der Waals surface area (Å²) >= 11 is 0. The lowest BCUT2D eigenvalue weighted by molar-refractivity contribution is -0.123. The van der Waals surface area contributed by atoms with Crippen LogP contribution in [0.25, 0.3) is 0 Å². The smallest absolute Gasteiger partial charge is 0.221 e. The lowest BCUT2D eigenvalue weighted by Gasteiger charge is -2.31. The Bertz CT molecular complexity index is 490. The van der Waals surface area contributed by atoms with Crippen molar-refractivity contribution in [2.24, 2.45) is 11.7 Å². The highest BCUT2D eigenvalue weighted by Crippen LogP contribution is 2.29. The van der Waals surface area contributed by atoms with E-state index < -0.39 is 0 Å². The van der Waals surface area contributed by atoms with Crippen molar-refractivity contribution in [2.75, 3.05) is 26.8 Å². The Morgan fingerprint density at radius 3 is 2.90 bits per heavy atom. The van der Waals surface area contributed by atoms with Gasteiger partial charge in [0.2, 0.25) is 5.91 Å². The maximum atomic E-state index is 11.3. The van der Waals surface area contributed by atoms with Gasteiger partial charge in [0.15, 0.2) is 11.5 Å². The fourth-order valence-corrected chi connectivity index (χ4v) is 2.77. The van der Waals surface area contributed by atoms with Crippen LogP contribution in [0.15, 0.2) is 18.2 Å². The fraction of sp³-hybridized carbons (Fsp3) is 0.562. The molecule has 0 saturated carbocycles. The van der Waals surface area contributed by atoms with Crippen molar-refractivity contribution < 1.29 is 14.3 Å². The SMILES string of the molecule is CCOc1ccc(CN2CCC[C@@H](C(N)=O)C2)cc1OC. The number of primary amides is 1. The van der Waals surface area contributed by atoms with Crippen molar-refractivity contribution in [3.8, 4) is 11.5 Å². The van der Waals surface area contributed by atoms with Gasteiger partial charge >= 0.3 is 0 Å². The van der Waals surface area contributed by atoms with Crippen molar-refractivity contribution >= 4 is 5.91 Å². The fourth-order valence-electron chi connectivity index (χ4n) is 2.77. The van der Waals surface area contributed by atoms with E-state index in [-0.39, 0.29) is 11.8 Å². The van der Waals surface area contributed by atoms with E-state index in [2.05, 4.69) is 4.90 Å². The maximum absolute atomic E-state index is 11.3.